The SMILES string of the molecule is C[C@H](N)C(=O)OCCCO. The Labute approximate surface area is 60.0 Å². The van der Waals surface area contributed by atoms with E-state index in [0.29, 0.717) is 6.42 Å². The number of nitrogens with two attached hydrogens (primary N) is 1. The highest BCUT2D eigenvalue weighted by molar-refractivity contribution is 5.74. The van der Waals surface area contributed by atoms with Crippen molar-refractivity contribution in [1.82, 2.24) is 0 Å². The number of aliphatic hydroxyl groups excluding tert-OH is 1. The minimum Gasteiger partial charge on any atom is -0.464 e. The Morgan fingerprint density at radius 3 is 2.80 bits per heavy atom. The molecule has 0 unspecified atom stereocenters. The molecule has 0 aromatic carbocycles. The molecule has 0 aromatic rings. The highest BCUT2D eigenvalue weighted by Crippen LogP contribution is 1.85. The van der Waals surface area contributed by atoms with Gasteiger partial charge in [0.25, 0.3) is 0 Å². The number of hydrogen-bond acceptors (Lipinski definition) is 4. The standard InChI is InChI=1S/C6H13NO3/c1-5(7)6(9)10-4-2-3-8/h5,8H,2-4,7H2,1H3/t5-/m0/s1. The number of hydrogen-bond donors (Lipinski definition) is 2. The molecular weight excluding hydrogens is 134 g/mol. The molecule has 0 aliphatic rings. The van der Waals surface area contributed by atoms with E-state index in [0.717, 1.165) is 0 Å². The smallest absolute Gasteiger partial charge is 0.322 e. The van der Waals surface area contributed by atoms with Crippen molar-refractivity contribution in [1.29, 1.82) is 0 Å². The molecule has 10 heavy (non-hydrogen) atoms. The minimum absolute atomic E-state index is 0.0340. The molecule has 0 rings (SSSR count). The van der Waals surface area contributed by atoms with E-state index in [4.69, 9.17) is 10.8 Å². The summed E-state index contributed by atoms with van der Waals surface area (Å²) in [4.78, 5) is 10.6. The zero-order valence-corrected chi connectivity index (χ0v) is 6.04. The van der Waals surface area contributed by atoms with Crippen molar-refractivity contribution in [2.75, 3.05) is 13.2 Å². The summed E-state index contributed by atoms with van der Waals surface area (Å²) in [5, 5.41) is 8.30. The molecule has 0 bridgehead atoms. The van der Waals surface area contributed by atoms with Gasteiger partial charge < -0.3 is 15.6 Å². The van der Waals surface area contributed by atoms with Gasteiger partial charge in [0.1, 0.15) is 6.04 Å². The molecule has 60 valence electrons. The molecular formula is C6H13NO3. The maximum absolute atomic E-state index is 10.6. The first kappa shape index (κ1) is 9.39. The largest absolute Gasteiger partial charge is 0.464 e. The molecule has 0 aromatic heterocycles. The quantitative estimate of drug-likeness (QED) is 0.406. The fourth-order valence-electron chi connectivity index (χ4n) is 0.369. The number of carbonyl (C=O) groups is 1. The Hall–Kier alpha value is -0.610. The van der Waals surface area contributed by atoms with Crippen LogP contribution in [-0.4, -0.2) is 30.3 Å². The summed E-state index contributed by atoms with van der Waals surface area (Å²) < 4.78 is 4.62. The lowest BCUT2D eigenvalue weighted by atomic mass is 10.4. The van der Waals surface area contributed by atoms with E-state index in [1.807, 2.05) is 0 Å². The minimum atomic E-state index is -0.571. The van der Waals surface area contributed by atoms with Gasteiger partial charge in [0.2, 0.25) is 0 Å². The summed E-state index contributed by atoms with van der Waals surface area (Å²) >= 11 is 0. The van der Waals surface area contributed by atoms with Crippen molar-refractivity contribution in [3.05, 3.63) is 0 Å². The van der Waals surface area contributed by atoms with Gasteiger partial charge in [-0.3, -0.25) is 4.79 Å². The molecule has 0 aliphatic carbocycles. The average molecular weight is 147 g/mol. The third-order valence-corrected chi connectivity index (χ3v) is 0.919. The maximum atomic E-state index is 10.6. The van der Waals surface area contributed by atoms with Crippen LogP contribution in [0.1, 0.15) is 13.3 Å². The van der Waals surface area contributed by atoms with Crippen LogP contribution in [0.2, 0.25) is 0 Å². The zero-order valence-electron chi connectivity index (χ0n) is 6.04. The Morgan fingerprint density at radius 2 is 2.40 bits per heavy atom. The fraction of sp³-hybridized carbons (Fsp3) is 0.833. The normalized spacial score (nSPS) is 12.7. The van der Waals surface area contributed by atoms with Crippen molar-refractivity contribution in [2.24, 2.45) is 5.73 Å². The second-order valence-corrected chi connectivity index (χ2v) is 2.03. The molecule has 0 spiro atoms. The molecule has 0 amide bonds. The summed E-state index contributed by atoms with van der Waals surface area (Å²) in [7, 11) is 0. The predicted molar refractivity (Wildman–Crippen MR) is 36.3 cm³/mol. The van der Waals surface area contributed by atoms with E-state index < -0.39 is 12.0 Å². The highest BCUT2D eigenvalue weighted by Gasteiger charge is 2.06. The Morgan fingerprint density at radius 1 is 1.80 bits per heavy atom. The van der Waals surface area contributed by atoms with Gasteiger partial charge >= 0.3 is 5.97 Å². The lowest BCUT2D eigenvalue weighted by molar-refractivity contribution is -0.145. The third-order valence-electron chi connectivity index (χ3n) is 0.919. The van der Waals surface area contributed by atoms with E-state index >= 15 is 0 Å². The first-order valence-corrected chi connectivity index (χ1v) is 3.21. The second kappa shape index (κ2) is 5.20. The van der Waals surface area contributed by atoms with Crippen LogP contribution >= 0.6 is 0 Å². The van der Waals surface area contributed by atoms with E-state index in [1.165, 1.54) is 0 Å². The Bertz CT molecular complexity index is 103. The lowest BCUT2D eigenvalue weighted by Crippen LogP contribution is -2.29. The van der Waals surface area contributed by atoms with Crippen molar-refractivity contribution in [3.8, 4) is 0 Å². The molecule has 0 saturated carbocycles. The summed E-state index contributed by atoms with van der Waals surface area (Å²) in [6, 6.07) is -0.571. The van der Waals surface area contributed by atoms with Crippen LogP contribution in [0.3, 0.4) is 0 Å². The second-order valence-electron chi connectivity index (χ2n) is 2.03. The van der Waals surface area contributed by atoms with E-state index in [2.05, 4.69) is 4.74 Å². The van der Waals surface area contributed by atoms with Crippen molar-refractivity contribution in [2.45, 2.75) is 19.4 Å². The number of carbonyl (C=O) groups excluding carboxylic acids is 1. The first-order chi connectivity index (χ1) is 4.68. The number of esters is 1. The number of aliphatic hydroxyl groups is 1. The molecule has 0 heterocycles. The van der Waals surface area contributed by atoms with Crippen LogP contribution in [0.4, 0.5) is 0 Å². The monoisotopic (exact) mass is 147 g/mol. The molecule has 1 atom stereocenters. The van der Waals surface area contributed by atoms with Crippen LogP contribution in [0.15, 0.2) is 0 Å². The average Bonchev–Trinajstić information content (AvgIpc) is 1.88. The predicted octanol–water partition coefficient (Wildman–Crippen LogP) is -0.741. The van der Waals surface area contributed by atoms with Crippen LogP contribution in [0.25, 0.3) is 0 Å². The summed E-state index contributed by atoms with van der Waals surface area (Å²) in [6.07, 6.45) is 0.471. The fourth-order valence-corrected chi connectivity index (χ4v) is 0.369. The van der Waals surface area contributed by atoms with Gasteiger partial charge in [-0.1, -0.05) is 0 Å². The van der Waals surface area contributed by atoms with Crippen molar-refractivity contribution < 1.29 is 14.6 Å². The molecule has 0 saturated heterocycles. The first-order valence-electron chi connectivity index (χ1n) is 3.21. The highest BCUT2D eigenvalue weighted by atomic mass is 16.5. The number of rotatable bonds is 4. The molecule has 3 N–H and O–H groups in total. The molecule has 0 aliphatic heterocycles. The third kappa shape index (κ3) is 4.29. The summed E-state index contributed by atoms with van der Waals surface area (Å²) in [6.45, 7) is 1.84. The molecule has 4 nitrogen and oxygen atoms in total. The molecule has 0 fully saturated rings. The summed E-state index contributed by atoms with van der Waals surface area (Å²) in [5.41, 5.74) is 5.18. The van der Waals surface area contributed by atoms with Crippen LogP contribution in [-0.2, 0) is 9.53 Å². The van der Waals surface area contributed by atoms with Crippen molar-refractivity contribution in [3.63, 3.8) is 0 Å². The van der Waals surface area contributed by atoms with Gasteiger partial charge in [-0.25, -0.2) is 0 Å². The Balaban J connectivity index is 3.22. The zero-order chi connectivity index (χ0) is 7.98. The summed E-state index contributed by atoms with van der Waals surface area (Å²) in [5.74, 6) is -0.423. The number of ether oxygens (including phenoxy) is 1. The maximum Gasteiger partial charge on any atom is 0.322 e. The molecule has 0 radical (unpaired) electrons. The van der Waals surface area contributed by atoms with Gasteiger partial charge in [0.15, 0.2) is 0 Å². The van der Waals surface area contributed by atoms with E-state index in [-0.39, 0.29) is 13.2 Å². The topological polar surface area (TPSA) is 72.6 Å². The lowest BCUT2D eigenvalue weighted by Gasteiger charge is -2.04. The van der Waals surface area contributed by atoms with Gasteiger partial charge in [0, 0.05) is 13.0 Å². The van der Waals surface area contributed by atoms with E-state index in [1.54, 1.807) is 6.92 Å². The van der Waals surface area contributed by atoms with Crippen LogP contribution < -0.4 is 5.73 Å². The van der Waals surface area contributed by atoms with Crippen LogP contribution in [0, 0.1) is 0 Å². The van der Waals surface area contributed by atoms with Crippen LogP contribution in [0.5, 0.6) is 0 Å². The van der Waals surface area contributed by atoms with Crippen molar-refractivity contribution >= 4 is 5.97 Å². The Kier molecular flexibility index (Phi) is 4.88. The molecule has 4 heteroatoms. The van der Waals surface area contributed by atoms with E-state index in [9.17, 15) is 4.79 Å². The van der Waals surface area contributed by atoms with Gasteiger partial charge in [-0.2, -0.15) is 0 Å². The van der Waals surface area contributed by atoms with Gasteiger partial charge in [-0.05, 0) is 6.92 Å². The van der Waals surface area contributed by atoms with Gasteiger partial charge in [-0.15, -0.1) is 0 Å². The van der Waals surface area contributed by atoms with Gasteiger partial charge in [0.05, 0.1) is 6.61 Å².